The molecule has 1 aliphatic heterocycles. The fraction of sp³-hybridized carbons (Fsp3) is 0.417. The van der Waals surface area contributed by atoms with E-state index in [0.717, 1.165) is 5.56 Å². The van der Waals surface area contributed by atoms with Crippen LogP contribution < -0.4 is 0 Å². The van der Waals surface area contributed by atoms with Crippen LogP contribution in [0, 0.1) is 0 Å². The molecule has 0 saturated carbocycles. The zero-order valence-electron chi connectivity index (χ0n) is 9.45. The lowest BCUT2D eigenvalue weighted by atomic mass is 10.1. The molecule has 1 amide bonds. The summed E-state index contributed by atoms with van der Waals surface area (Å²) in [6.45, 7) is 3.29. The van der Waals surface area contributed by atoms with E-state index in [9.17, 15) is 4.79 Å². The minimum absolute atomic E-state index is 0.0615. The van der Waals surface area contributed by atoms with Gasteiger partial charge < -0.3 is 9.64 Å². The van der Waals surface area contributed by atoms with Gasteiger partial charge in [0.05, 0.1) is 13.2 Å². The van der Waals surface area contributed by atoms with Crippen molar-refractivity contribution in [2.75, 3.05) is 19.7 Å². The van der Waals surface area contributed by atoms with E-state index in [1.54, 1.807) is 17.9 Å². The first kappa shape index (κ1) is 12.7. The van der Waals surface area contributed by atoms with E-state index < -0.39 is 0 Å². The number of halogens is 2. The van der Waals surface area contributed by atoms with Gasteiger partial charge in [-0.1, -0.05) is 23.2 Å². The maximum atomic E-state index is 11.3. The number of benzene rings is 1. The number of amides is 1. The van der Waals surface area contributed by atoms with Gasteiger partial charge in [-0.3, -0.25) is 4.79 Å². The summed E-state index contributed by atoms with van der Waals surface area (Å²) in [5.74, 6) is 0.0615. The summed E-state index contributed by atoms with van der Waals surface area (Å²) in [7, 11) is 0. The van der Waals surface area contributed by atoms with E-state index in [1.165, 1.54) is 0 Å². The van der Waals surface area contributed by atoms with Gasteiger partial charge in [-0.25, -0.2) is 0 Å². The predicted octanol–water partition coefficient (Wildman–Crippen LogP) is 2.91. The van der Waals surface area contributed by atoms with Gasteiger partial charge in [-0.15, -0.1) is 0 Å². The molecule has 2 rings (SSSR count). The molecule has 92 valence electrons. The molecule has 0 aliphatic carbocycles. The molecule has 1 heterocycles. The topological polar surface area (TPSA) is 29.5 Å². The fourth-order valence-corrected chi connectivity index (χ4v) is 2.44. The quantitative estimate of drug-likeness (QED) is 0.788. The summed E-state index contributed by atoms with van der Waals surface area (Å²) in [5.41, 5.74) is 0.911. The van der Waals surface area contributed by atoms with Crippen LogP contribution in [0.15, 0.2) is 18.2 Å². The SMILES string of the molecule is CC(=O)N1CCOC(c2cc(Cl)cc(Cl)c2)C1. The third-order valence-electron chi connectivity index (χ3n) is 2.77. The first-order chi connectivity index (χ1) is 8.06. The minimum atomic E-state index is -0.149. The summed E-state index contributed by atoms with van der Waals surface area (Å²) < 4.78 is 5.64. The highest BCUT2D eigenvalue weighted by Gasteiger charge is 2.23. The molecule has 0 spiro atoms. The van der Waals surface area contributed by atoms with Crippen molar-refractivity contribution in [3.05, 3.63) is 33.8 Å². The van der Waals surface area contributed by atoms with Gasteiger partial charge in [0, 0.05) is 23.5 Å². The first-order valence-corrected chi connectivity index (χ1v) is 6.15. The Bertz CT molecular complexity index is 416. The number of morpholine rings is 1. The van der Waals surface area contributed by atoms with Crippen molar-refractivity contribution >= 4 is 29.1 Å². The average Bonchev–Trinajstić information content (AvgIpc) is 2.28. The molecule has 1 fully saturated rings. The lowest BCUT2D eigenvalue weighted by Crippen LogP contribution is -2.41. The van der Waals surface area contributed by atoms with Gasteiger partial charge >= 0.3 is 0 Å². The molecule has 1 saturated heterocycles. The number of carbonyl (C=O) groups is 1. The van der Waals surface area contributed by atoms with Crippen LogP contribution in [-0.4, -0.2) is 30.5 Å². The van der Waals surface area contributed by atoms with Crippen LogP contribution >= 0.6 is 23.2 Å². The Hall–Kier alpha value is -0.770. The predicted molar refractivity (Wildman–Crippen MR) is 67.4 cm³/mol. The second-order valence-corrected chi connectivity index (χ2v) is 4.90. The molecule has 1 atom stereocenters. The molecular weight excluding hydrogens is 261 g/mol. The number of ether oxygens (including phenoxy) is 1. The molecule has 0 radical (unpaired) electrons. The Labute approximate surface area is 110 Å². The molecule has 1 unspecified atom stereocenters. The highest BCUT2D eigenvalue weighted by molar-refractivity contribution is 6.34. The normalized spacial score (nSPS) is 20.4. The summed E-state index contributed by atoms with van der Waals surface area (Å²) in [6.07, 6.45) is -0.149. The molecule has 0 bridgehead atoms. The summed E-state index contributed by atoms with van der Waals surface area (Å²) in [4.78, 5) is 13.1. The van der Waals surface area contributed by atoms with Crippen LogP contribution in [0.4, 0.5) is 0 Å². The van der Waals surface area contributed by atoms with Crippen LogP contribution in [0.2, 0.25) is 10.0 Å². The molecule has 17 heavy (non-hydrogen) atoms. The third kappa shape index (κ3) is 3.12. The lowest BCUT2D eigenvalue weighted by molar-refractivity contribution is -0.136. The summed E-state index contributed by atoms with van der Waals surface area (Å²) in [6, 6.07) is 5.32. The van der Waals surface area contributed by atoms with Crippen molar-refractivity contribution in [3.8, 4) is 0 Å². The van der Waals surface area contributed by atoms with Gasteiger partial charge in [0.1, 0.15) is 6.10 Å². The highest BCUT2D eigenvalue weighted by atomic mass is 35.5. The van der Waals surface area contributed by atoms with Crippen molar-refractivity contribution in [3.63, 3.8) is 0 Å². The number of nitrogens with zero attached hydrogens (tertiary/aromatic N) is 1. The molecular formula is C12H13Cl2NO2. The largest absolute Gasteiger partial charge is 0.370 e. The van der Waals surface area contributed by atoms with Crippen molar-refractivity contribution in [1.29, 1.82) is 0 Å². The van der Waals surface area contributed by atoms with E-state index in [2.05, 4.69) is 0 Å². The monoisotopic (exact) mass is 273 g/mol. The number of hydrogen-bond donors (Lipinski definition) is 0. The van der Waals surface area contributed by atoms with Gasteiger partial charge in [0.25, 0.3) is 0 Å². The Morgan fingerprint density at radius 3 is 2.59 bits per heavy atom. The lowest BCUT2D eigenvalue weighted by Gasteiger charge is -2.32. The smallest absolute Gasteiger partial charge is 0.219 e. The van der Waals surface area contributed by atoms with E-state index in [1.807, 2.05) is 12.1 Å². The van der Waals surface area contributed by atoms with Crippen molar-refractivity contribution in [2.24, 2.45) is 0 Å². The molecule has 1 aliphatic rings. The zero-order chi connectivity index (χ0) is 12.4. The molecule has 0 N–H and O–H groups in total. The molecule has 5 heteroatoms. The number of carbonyl (C=O) groups excluding carboxylic acids is 1. The number of hydrogen-bond acceptors (Lipinski definition) is 2. The molecule has 3 nitrogen and oxygen atoms in total. The standard InChI is InChI=1S/C12H13Cl2NO2/c1-8(16)15-2-3-17-12(7-15)9-4-10(13)6-11(14)5-9/h4-6,12H,2-3,7H2,1H3. The van der Waals surface area contributed by atoms with Crippen LogP contribution in [0.3, 0.4) is 0 Å². The van der Waals surface area contributed by atoms with Crippen molar-refractivity contribution < 1.29 is 9.53 Å². The van der Waals surface area contributed by atoms with Crippen LogP contribution in [0.1, 0.15) is 18.6 Å². The molecule has 1 aromatic rings. The Morgan fingerprint density at radius 2 is 2.00 bits per heavy atom. The average molecular weight is 274 g/mol. The van der Waals surface area contributed by atoms with Gasteiger partial charge in [0.15, 0.2) is 0 Å². The van der Waals surface area contributed by atoms with Gasteiger partial charge in [-0.2, -0.15) is 0 Å². The minimum Gasteiger partial charge on any atom is -0.370 e. The molecule has 1 aromatic carbocycles. The van der Waals surface area contributed by atoms with Gasteiger partial charge in [-0.05, 0) is 23.8 Å². The Morgan fingerprint density at radius 1 is 1.35 bits per heavy atom. The van der Waals surface area contributed by atoms with Crippen molar-refractivity contribution in [1.82, 2.24) is 4.90 Å². The van der Waals surface area contributed by atoms with Crippen molar-refractivity contribution in [2.45, 2.75) is 13.0 Å². The molecule has 0 aromatic heterocycles. The van der Waals surface area contributed by atoms with Crippen LogP contribution in [0.25, 0.3) is 0 Å². The number of rotatable bonds is 1. The first-order valence-electron chi connectivity index (χ1n) is 5.39. The second kappa shape index (κ2) is 5.25. The van der Waals surface area contributed by atoms with E-state index in [4.69, 9.17) is 27.9 Å². The van der Waals surface area contributed by atoms with Crippen LogP contribution in [0.5, 0.6) is 0 Å². The third-order valence-corrected chi connectivity index (χ3v) is 3.20. The van der Waals surface area contributed by atoms with E-state index in [-0.39, 0.29) is 12.0 Å². The van der Waals surface area contributed by atoms with Gasteiger partial charge in [0.2, 0.25) is 5.91 Å². The van der Waals surface area contributed by atoms with Crippen LogP contribution in [-0.2, 0) is 9.53 Å². The Balaban J connectivity index is 2.18. The maximum absolute atomic E-state index is 11.3. The zero-order valence-corrected chi connectivity index (χ0v) is 11.0. The second-order valence-electron chi connectivity index (χ2n) is 4.03. The van der Waals surface area contributed by atoms with E-state index in [0.29, 0.717) is 29.7 Å². The Kier molecular flexibility index (Phi) is 3.92. The van der Waals surface area contributed by atoms with E-state index >= 15 is 0 Å². The highest BCUT2D eigenvalue weighted by Crippen LogP contribution is 2.27. The summed E-state index contributed by atoms with van der Waals surface area (Å²) >= 11 is 11.9. The summed E-state index contributed by atoms with van der Waals surface area (Å²) in [5, 5.41) is 1.16. The fourth-order valence-electron chi connectivity index (χ4n) is 1.90. The maximum Gasteiger partial charge on any atom is 0.219 e.